The van der Waals surface area contributed by atoms with Crippen LogP contribution in [0.3, 0.4) is 0 Å². The van der Waals surface area contributed by atoms with Crippen LogP contribution in [0.4, 0.5) is 10.2 Å². The third-order valence-corrected chi connectivity index (χ3v) is 3.39. The molecule has 1 atom stereocenters. The van der Waals surface area contributed by atoms with Gasteiger partial charge in [0.15, 0.2) is 0 Å². The molecule has 0 aromatic carbocycles. The highest BCUT2D eigenvalue weighted by Gasteiger charge is 2.19. The molecule has 1 aliphatic carbocycles. The lowest BCUT2D eigenvalue weighted by molar-refractivity contribution is -0.112. The summed E-state index contributed by atoms with van der Waals surface area (Å²) in [7, 11) is 0. The summed E-state index contributed by atoms with van der Waals surface area (Å²) in [5.74, 6) is 0.0901. The number of alkyl halides is 1. The SMILES string of the molecule is O=C(Nc1ccc2[nH]ccc2n1)C1=CCC(F)C(Cl)=C1. The summed E-state index contributed by atoms with van der Waals surface area (Å²) < 4.78 is 13.2. The number of pyridine rings is 1. The fraction of sp³-hybridized carbons (Fsp3) is 0.143. The van der Waals surface area contributed by atoms with Crippen LogP contribution in [0.2, 0.25) is 0 Å². The maximum Gasteiger partial charge on any atom is 0.256 e. The molecule has 20 heavy (non-hydrogen) atoms. The summed E-state index contributed by atoms with van der Waals surface area (Å²) in [5, 5.41) is 2.72. The number of hydrogen-bond donors (Lipinski definition) is 2. The van der Waals surface area contributed by atoms with Crippen LogP contribution in [0, 0.1) is 0 Å². The molecule has 4 nitrogen and oxygen atoms in total. The second kappa shape index (κ2) is 5.09. The van der Waals surface area contributed by atoms with Crippen molar-refractivity contribution in [2.75, 3.05) is 5.32 Å². The Morgan fingerprint density at radius 2 is 2.30 bits per heavy atom. The first-order chi connectivity index (χ1) is 9.63. The van der Waals surface area contributed by atoms with Gasteiger partial charge >= 0.3 is 0 Å². The molecule has 0 fully saturated rings. The van der Waals surface area contributed by atoms with Gasteiger partial charge in [0.2, 0.25) is 0 Å². The smallest absolute Gasteiger partial charge is 0.256 e. The zero-order valence-electron chi connectivity index (χ0n) is 10.4. The fourth-order valence-corrected chi connectivity index (χ4v) is 2.20. The zero-order valence-corrected chi connectivity index (χ0v) is 11.1. The topological polar surface area (TPSA) is 57.8 Å². The van der Waals surface area contributed by atoms with Gasteiger partial charge in [0.05, 0.1) is 16.1 Å². The molecule has 2 aromatic rings. The Balaban J connectivity index is 1.79. The number of aromatic amines is 1. The zero-order chi connectivity index (χ0) is 14.1. The molecule has 1 aliphatic rings. The highest BCUT2D eigenvalue weighted by atomic mass is 35.5. The molecule has 0 saturated heterocycles. The minimum Gasteiger partial charge on any atom is -0.360 e. The lowest BCUT2D eigenvalue weighted by atomic mass is 10.1. The van der Waals surface area contributed by atoms with Crippen molar-refractivity contribution in [3.8, 4) is 0 Å². The van der Waals surface area contributed by atoms with Crippen LogP contribution >= 0.6 is 11.6 Å². The van der Waals surface area contributed by atoms with E-state index >= 15 is 0 Å². The number of amides is 1. The average molecular weight is 292 g/mol. The molecular formula is C14H11ClFN3O. The molecule has 2 N–H and O–H groups in total. The van der Waals surface area contributed by atoms with E-state index in [0.29, 0.717) is 11.4 Å². The lowest BCUT2D eigenvalue weighted by Crippen LogP contribution is -2.17. The Morgan fingerprint density at radius 3 is 3.10 bits per heavy atom. The van der Waals surface area contributed by atoms with Crippen LogP contribution in [0.25, 0.3) is 11.0 Å². The standard InChI is InChI=1S/C14H11ClFN3O/c15-9-7-8(1-2-10(9)16)14(20)19-13-4-3-11-12(18-13)5-6-17-11/h1,3-7,10,17H,2H2,(H,18,19,20). The van der Waals surface area contributed by atoms with E-state index < -0.39 is 6.17 Å². The number of nitrogens with one attached hydrogen (secondary N) is 2. The third kappa shape index (κ3) is 2.44. The molecule has 2 heterocycles. The molecule has 0 saturated carbocycles. The van der Waals surface area contributed by atoms with Crippen molar-refractivity contribution in [3.63, 3.8) is 0 Å². The molecule has 0 bridgehead atoms. The highest BCUT2D eigenvalue weighted by Crippen LogP contribution is 2.24. The number of carbonyl (C=O) groups is 1. The van der Waals surface area contributed by atoms with Gasteiger partial charge in [-0.05, 0) is 24.3 Å². The minimum absolute atomic E-state index is 0.0479. The van der Waals surface area contributed by atoms with Gasteiger partial charge in [0, 0.05) is 18.2 Å². The Hall–Kier alpha value is -2.14. The molecule has 2 aromatic heterocycles. The van der Waals surface area contributed by atoms with Crippen LogP contribution in [0.5, 0.6) is 0 Å². The fourth-order valence-electron chi connectivity index (χ4n) is 1.99. The summed E-state index contributed by atoms with van der Waals surface area (Å²) in [4.78, 5) is 19.3. The molecule has 102 valence electrons. The van der Waals surface area contributed by atoms with Gasteiger partial charge < -0.3 is 10.3 Å². The van der Waals surface area contributed by atoms with Crippen molar-refractivity contribution in [1.82, 2.24) is 9.97 Å². The maximum atomic E-state index is 13.2. The lowest BCUT2D eigenvalue weighted by Gasteiger charge is -2.12. The second-order valence-corrected chi connectivity index (χ2v) is 4.89. The van der Waals surface area contributed by atoms with Crippen molar-refractivity contribution in [2.45, 2.75) is 12.6 Å². The molecule has 1 unspecified atom stereocenters. The van der Waals surface area contributed by atoms with Gasteiger partial charge in [-0.2, -0.15) is 0 Å². The number of carbonyl (C=O) groups excluding carboxylic acids is 1. The van der Waals surface area contributed by atoms with Gasteiger partial charge in [0.25, 0.3) is 5.91 Å². The largest absolute Gasteiger partial charge is 0.360 e. The minimum atomic E-state index is -1.22. The summed E-state index contributed by atoms with van der Waals surface area (Å²) in [6, 6.07) is 5.34. The van der Waals surface area contributed by atoms with Crippen molar-refractivity contribution in [2.24, 2.45) is 0 Å². The summed E-state index contributed by atoms with van der Waals surface area (Å²) in [6.07, 6.45) is 3.54. The molecule has 0 spiro atoms. The third-order valence-electron chi connectivity index (χ3n) is 3.05. The van der Waals surface area contributed by atoms with Gasteiger partial charge in [-0.25, -0.2) is 9.37 Å². The highest BCUT2D eigenvalue weighted by molar-refractivity contribution is 6.31. The number of hydrogen-bond acceptors (Lipinski definition) is 2. The van der Waals surface area contributed by atoms with E-state index in [2.05, 4.69) is 15.3 Å². The van der Waals surface area contributed by atoms with E-state index in [1.165, 1.54) is 12.2 Å². The number of anilines is 1. The first kappa shape index (κ1) is 12.9. The van der Waals surface area contributed by atoms with E-state index in [9.17, 15) is 9.18 Å². The van der Waals surface area contributed by atoms with Crippen molar-refractivity contribution in [3.05, 3.63) is 47.2 Å². The summed E-state index contributed by atoms with van der Waals surface area (Å²) in [5.41, 5.74) is 2.00. The number of nitrogens with zero attached hydrogens (tertiary/aromatic N) is 1. The number of aromatic nitrogens is 2. The molecule has 3 rings (SSSR count). The monoisotopic (exact) mass is 291 g/mol. The van der Waals surface area contributed by atoms with Gasteiger partial charge in [0.1, 0.15) is 12.0 Å². The average Bonchev–Trinajstić information content (AvgIpc) is 2.89. The molecule has 1 amide bonds. The molecular weight excluding hydrogens is 281 g/mol. The first-order valence-corrected chi connectivity index (χ1v) is 6.48. The number of halogens is 2. The van der Waals surface area contributed by atoms with E-state index in [0.717, 1.165) is 11.0 Å². The Morgan fingerprint density at radius 1 is 1.45 bits per heavy atom. The van der Waals surface area contributed by atoms with Crippen LogP contribution in [-0.4, -0.2) is 22.0 Å². The maximum absolute atomic E-state index is 13.2. The number of rotatable bonds is 2. The van der Waals surface area contributed by atoms with Crippen molar-refractivity contribution in [1.29, 1.82) is 0 Å². The quantitative estimate of drug-likeness (QED) is 0.892. The van der Waals surface area contributed by atoms with Crippen molar-refractivity contribution >= 4 is 34.4 Å². The van der Waals surface area contributed by atoms with Gasteiger partial charge in [-0.3, -0.25) is 4.79 Å². The first-order valence-electron chi connectivity index (χ1n) is 6.10. The Kier molecular flexibility index (Phi) is 3.28. The number of allylic oxidation sites excluding steroid dienone is 2. The Bertz CT molecular complexity index is 735. The second-order valence-electron chi connectivity index (χ2n) is 4.45. The predicted octanol–water partition coefficient (Wildman–Crippen LogP) is 3.29. The van der Waals surface area contributed by atoms with Crippen LogP contribution in [0.1, 0.15) is 6.42 Å². The van der Waals surface area contributed by atoms with Gasteiger partial charge in [-0.1, -0.05) is 17.7 Å². The number of fused-ring (bicyclic) bond motifs is 1. The summed E-state index contributed by atoms with van der Waals surface area (Å²) in [6.45, 7) is 0. The van der Waals surface area contributed by atoms with E-state index in [1.54, 1.807) is 12.3 Å². The Labute approximate surface area is 119 Å². The van der Waals surface area contributed by atoms with Crippen LogP contribution < -0.4 is 5.32 Å². The van der Waals surface area contributed by atoms with E-state index in [4.69, 9.17) is 11.6 Å². The number of H-pyrrole nitrogens is 1. The molecule has 0 radical (unpaired) electrons. The van der Waals surface area contributed by atoms with Crippen molar-refractivity contribution < 1.29 is 9.18 Å². The van der Waals surface area contributed by atoms with Crippen LogP contribution in [-0.2, 0) is 4.79 Å². The van der Waals surface area contributed by atoms with E-state index in [1.807, 2.05) is 12.1 Å². The normalized spacial score (nSPS) is 18.6. The molecule has 0 aliphatic heterocycles. The van der Waals surface area contributed by atoms with Crippen LogP contribution in [0.15, 0.2) is 47.2 Å². The predicted molar refractivity (Wildman–Crippen MR) is 76.3 cm³/mol. The summed E-state index contributed by atoms with van der Waals surface area (Å²) >= 11 is 5.72. The molecule has 6 heteroatoms. The van der Waals surface area contributed by atoms with Gasteiger partial charge in [-0.15, -0.1) is 0 Å². The van der Waals surface area contributed by atoms with E-state index in [-0.39, 0.29) is 17.4 Å².